The number of aromatic nitrogens is 3. The fourth-order valence-corrected chi connectivity index (χ4v) is 1.42. The molecule has 0 amide bonds. The third-order valence-electron chi connectivity index (χ3n) is 2.03. The predicted octanol–water partition coefficient (Wildman–Crippen LogP) is -0.708. The summed E-state index contributed by atoms with van der Waals surface area (Å²) in [6, 6.07) is 0. The fourth-order valence-electron chi connectivity index (χ4n) is 1.42. The monoisotopic (exact) mass is 191 g/mol. The van der Waals surface area contributed by atoms with E-state index in [1.165, 1.54) is 16.8 Å². The van der Waals surface area contributed by atoms with Gasteiger partial charge in [0.05, 0.1) is 5.22 Å². The molecule has 0 aliphatic rings. The SMILES string of the molecule is CC(C)=c1c(=O)[nH]c(=O)n2ccnc12. The maximum atomic E-state index is 11.5. The number of aromatic amines is 1. The lowest BCUT2D eigenvalue weighted by Gasteiger charge is -1.93. The van der Waals surface area contributed by atoms with E-state index in [1.807, 2.05) is 13.8 Å². The van der Waals surface area contributed by atoms with Crippen molar-refractivity contribution in [2.45, 2.75) is 13.8 Å². The van der Waals surface area contributed by atoms with Crippen molar-refractivity contribution < 1.29 is 0 Å². The maximum absolute atomic E-state index is 11.5. The van der Waals surface area contributed by atoms with Crippen LogP contribution in [0, 0.1) is 0 Å². The molecule has 2 heterocycles. The highest BCUT2D eigenvalue weighted by Gasteiger charge is 2.04. The minimum Gasteiger partial charge on any atom is -0.273 e. The Kier molecular flexibility index (Phi) is 1.73. The molecule has 5 heteroatoms. The third-order valence-corrected chi connectivity index (χ3v) is 2.03. The molecule has 0 saturated heterocycles. The van der Waals surface area contributed by atoms with E-state index < -0.39 is 5.69 Å². The van der Waals surface area contributed by atoms with Gasteiger partial charge in [0.15, 0.2) is 5.65 Å². The summed E-state index contributed by atoms with van der Waals surface area (Å²) < 4.78 is 1.32. The first-order chi connectivity index (χ1) is 6.61. The van der Waals surface area contributed by atoms with Crippen LogP contribution in [0.25, 0.3) is 11.2 Å². The van der Waals surface area contributed by atoms with Gasteiger partial charge in [-0.3, -0.25) is 14.2 Å². The molecular weight excluding hydrogens is 182 g/mol. The molecule has 0 aliphatic carbocycles. The van der Waals surface area contributed by atoms with Crippen molar-refractivity contribution in [2.75, 3.05) is 0 Å². The number of nitrogens with zero attached hydrogens (tertiary/aromatic N) is 2. The molecule has 0 unspecified atom stereocenters. The van der Waals surface area contributed by atoms with Crippen LogP contribution >= 0.6 is 0 Å². The van der Waals surface area contributed by atoms with Gasteiger partial charge >= 0.3 is 5.69 Å². The summed E-state index contributed by atoms with van der Waals surface area (Å²) in [6.07, 6.45) is 3.02. The Morgan fingerprint density at radius 3 is 2.79 bits per heavy atom. The molecule has 0 saturated carbocycles. The smallest absolute Gasteiger partial charge is 0.273 e. The van der Waals surface area contributed by atoms with Gasteiger partial charge in [-0.2, -0.15) is 0 Å². The van der Waals surface area contributed by atoms with E-state index in [9.17, 15) is 9.59 Å². The molecule has 0 aliphatic heterocycles. The average molecular weight is 191 g/mol. The van der Waals surface area contributed by atoms with Crippen LogP contribution in [0.15, 0.2) is 22.0 Å². The minimum absolute atomic E-state index is 0.381. The van der Waals surface area contributed by atoms with Crippen molar-refractivity contribution in [2.24, 2.45) is 0 Å². The van der Waals surface area contributed by atoms with Crippen LogP contribution < -0.4 is 16.5 Å². The van der Waals surface area contributed by atoms with Crippen molar-refractivity contribution in [3.8, 4) is 0 Å². The molecule has 2 rings (SSSR count). The molecule has 0 fully saturated rings. The molecule has 1 N–H and O–H groups in total. The van der Waals surface area contributed by atoms with Crippen molar-refractivity contribution in [1.82, 2.24) is 14.4 Å². The molecule has 2 aromatic heterocycles. The van der Waals surface area contributed by atoms with Gasteiger partial charge in [0.1, 0.15) is 0 Å². The number of nitrogens with one attached hydrogen (secondary N) is 1. The average Bonchev–Trinajstić information content (AvgIpc) is 2.51. The van der Waals surface area contributed by atoms with Crippen LogP contribution in [0.1, 0.15) is 13.8 Å². The second-order valence-electron chi connectivity index (χ2n) is 3.26. The number of H-pyrrole nitrogens is 1. The van der Waals surface area contributed by atoms with Crippen LogP contribution in [0.5, 0.6) is 0 Å². The van der Waals surface area contributed by atoms with Gasteiger partial charge in [-0.25, -0.2) is 9.78 Å². The summed E-state index contributed by atoms with van der Waals surface area (Å²) in [7, 11) is 0. The summed E-state index contributed by atoms with van der Waals surface area (Å²) >= 11 is 0. The Morgan fingerprint density at radius 2 is 2.14 bits per heavy atom. The van der Waals surface area contributed by atoms with E-state index >= 15 is 0 Å². The zero-order valence-corrected chi connectivity index (χ0v) is 7.87. The Morgan fingerprint density at radius 1 is 1.43 bits per heavy atom. The van der Waals surface area contributed by atoms with Gasteiger partial charge in [0.25, 0.3) is 5.56 Å². The molecule has 0 bridgehead atoms. The lowest BCUT2D eigenvalue weighted by Crippen LogP contribution is -2.38. The van der Waals surface area contributed by atoms with Gasteiger partial charge in [-0.1, -0.05) is 5.57 Å². The topological polar surface area (TPSA) is 67.2 Å². The molecule has 0 aromatic carbocycles. The van der Waals surface area contributed by atoms with Crippen molar-refractivity contribution >= 4 is 11.2 Å². The molecule has 72 valence electrons. The number of hydrogen-bond donors (Lipinski definition) is 1. The van der Waals surface area contributed by atoms with Gasteiger partial charge < -0.3 is 0 Å². The van der Waals surface area contributed by atoms with E-state index in [1.54, 1.807) is 0 Å². The first-order valence-corrected chi connectivity index (χ1v) is 4.18. The van der Waals surface area contributed by atoms with Crippen molar-refractivity contribution in [3.05, 3.63) is 38.5 Å². The fraction of sp³-hybridized carbons (Fsp3) is 0.222. The summed E-state index contributed by atoms with van der Waals surface area (Å²) in [5, 5.41) is 0.467. The molecule has 5 nitrogen and oxygen atoms in total. The quantitative estimate of drug-likeness (QED) is 0.598. The minimum atomic E-state index is -0.451. The zero-order chi connectivity index (χ0) is 10.3. The van der Waals surface area contributed by atoms with Gasteiger partial charge in [0, 0.05) is 12.4 Å². The maximum Gasteiger partial charge on any atom is 0.334 e. The molecule has 2 aromatic rings. The second kappa shape index (κ2) is 2.80. The van der Waals surface area contributed by atoms with E-state index in [0.29, 0.717) is 10.9 Å². The van der Waals surface area contributed by atoms with Crippen LogP contribution in [0.2, 0.25) is 0 Å². The lowest BCUT2D eigenvalue weighted by molar-refractivity contribution is 0.961. The zero-order valence-electron chi connectivity index (χ0n) is 7.87. The molecule has 0 radical (unpaired) electrons. The standard InChI is InChI=1S/C9H9N3O2/c1-5(2)6-7-10-3-4-12(7)9(14)11-8(6)13/h3-4H,1-2H3,(H,11,13,14). The Balaban J connectivity index is 3.28. The Labute approximate surface area is 78.7 Å². The molecule has 14 heavy (non-hydrogen) atoms. The van der Waals surface area contributed by atoms with Crippen LogP contribution in [-0.2, 0) is 0 Å². The largest absolute Gasteiger partial charge is 0.334 e. The lowest BCUT2D eigenvalue weighted by atomic mass is 10.3. The third kappa shape index (κ3) is 1.06. The highest BCUT2D eigenvalue weighted by atomic mass is 16.2. The van der Waals surface area contributed by atoms with E-state index in [0.717, 1.165) is 5.57 Å². The normalized spacial score (nSPS) is 10.7. The Bertz CT molecular complexity index is 647. The van der Waals surface area contributed by atoms with Crippen LogP contribution in [0.4, 0.5) is 0 Å². The van der Waals surface area contributed by atoms with Gasteiger partial charge in [-0.15, -0.1) is 0 Å². The van der Waals surface area contributed by atoms with Crippen LogP contribution in [0.3, 0.4) is 0 Å². The van der Waals surface area contributed by atoms with E-state index in [-0.39, 0.29) is 5.56 Å². The first kappa shape index (κ1) is 8.68. The second-order valence-corrected chi connectivity index (χ2v) is 3.26. The number of imidazole rings is 1. The summed E-state index contributed by atoms with van der Waals surface area (Å²) in [6.45, 7) is 3.62. The van der Waals surface area contributed by atoms with Crippen molar-refractivity contribution in [1.29, 1.82) is 0 Å². The summed E-state index contributed by atoms with van der Waals surface area (Å²) in [5.41, 5.74) is 0.419. The van der Waals surface area contributed by atoms with Crippen molar-refractivity contribution in [3.63, 3.8) is 0 Å². The highest BCUT2D eigenvalue weighted by Crippen LogP contribution is 1.89. The molecular formula is C9H9N3O2. The number of fused-ring (bicyclic) bond motifs is 1. The number of hydrogen-bond acceptors (Lipinski definition) is 3. The van der Waals surface area contributed by atoms with Gasteiger partial charge in [-0.05, 0) is 13.8 Å². The highest BCUT2D eigenvalue weighted by molar-refractivity contribution is 5.50. The molecule has 0 spiro atoms. The Hall–Kier alpha value is -1.91. The van der Waals surface area contributed by atoms with E-state index in [2.05, 4.69) is 9.97 Å². The van der Waals surface area contributed by atoms with Gasteiger partial charge in [0.2, 0.25) is 0 Å². The summed E-state index contributed by atoms with van der Waals surface area (Å²) in [4.78, 5) is 29.0. The summed E-state index contributed by atoms with van der Waals surface area (Å²) in [5.74, 6) is 0. The van der Waals surface area contributed by atoms with E-state index in [4.69, 9.17) is 0 Å². The van der Waals surface area contributed by atoms with Crippen LogP contribution in [-0.4, -0.2) is 14.4 Å². The first-order valence-electron chi connectivity index (χ1n) is 4.18. The number of rotatable bonds is 0. The predicted molar refractivity (Wildman–Crippen MR) is 52.1 cm³/mol. The molecule has 0 atom stereocenters.